The van der Waals surface area contributed by atoms with E-state index in [1.54, 1.807) is 0 Å². The molecule has 21 atom stereocenters. The van der Waals surface area contributed by atoms with Gasteiger partial charge in [0.2, 0.25) is 9.23 Å². The second-order valence-electron chi connectivity index (χ2n) is 19.1. The van der Waals surface area contributed by atoms with Crippen LogP contribution in [-0.2, 0) is 95.1 Å². The molecule has 0 bridgehead atoms. The minimum atomic E-state index is -3.90. The van der Waals surface area contributed by atoms with Gasteiger partial charge in [-0.2, -0.15) is 12.6 Å². The molecule has 12 unspecified atom stereocenters. The quantitative estimate of drug-likeness (QED) is 0.111. The van der Waals surface area contributed by atoms with Crippen LogP contribution < -0.4 is 0 Å². The predicted molar refractivity (Wildman–Crippen MR) is 291 cm³/mol. The molecule has 0 amide bonds. The van der Waals surface area contributed by atoms with Crippen LogP contribution in [0.5, 0.6) is 0 Å². The average Bonchev–Trinajstić information content (AvgIpc) is 2.87. The summed E-state index contributed by atoms with van der Waals surface area (Å²) in [5.41, 5.74) is 3.55. The highest BCUT2D eigenvalue weighted by Gasteiger charge is 2.49. The zero-order chi connectivity index (χ0) is 61.2. The fourth-order valence-electron chi connectivity index (χ4n) is 8.76. The first-order valence-corrected chi connectivity index (χ1v) is 31.2. The van der Waals surface area contributed by atoms with Crippen LogP contribution in [0, 0.1) is 0 Å². The lowest BCUT2D eigenvalue weighted by Gasteiger charge is -2.45. The highest BCUT2D eigenvalue weighted by molar-refractivity contribution is 8.26. The lowest BCUT2D eigenvalue weighted by atomic mass is 9.98. The van der Waals surface area contributed by atoms with E-state index in [2.05, 4.69) is 30.3 Å². The van der Waals surface area contributed by atoms with Gasteiger partial charge in [0.05, 0.1) is 52.9 Å². The van der Waals surface area contributed by atoms with Crippen molar-refractivity contribution < 1.29 is 132 Å². The Morgan fingerprint density at radius 3 is 1.36 bits per heavy atom. The van der Waals surface area contributed by atoms with Crippen molar-refractivity contribution >= 4 is 52.4 Å². The Bertz CT molecular complexity index is 2720. The minimum Gasteiger partial charge on any atom is -0.394 e. The number of halogens is 2. The molecule has 8 aliphatic heterocycles. The maximum atomic E-state index is 11.1. The SMILES string of the molecule is O=S(Cl)Cl.O=S1(=O)OC[C@@H]2OC(c3ccccc3)OCC2O1.O=[S@]1OC[C@@H]2OC(c3ccccc3)OCC2O1.OC1O[C@H]2COC(c3ccccc3)O[C@@H]2C(O)C1O.OCC1O[C@H](c2ccccc2)OC[C@@H]1O.OC[C@@H]1OC(O)C(O)C(O)[C@H]1O. The Hall–Kier alpha value is -3.25. The molecule has 0 radical (unpaired) electrons. The van der Waals surface area contributed by atoms with Gasteiger partial charge in [-0.3, -0.25) is 8.37 Å². The van der Waals surface area contributed by atoms with Gasteiger partial charge >= 0.3 is 21.8 Å². The molecular weight excluding hydrogens is 1240 g/mol. The van der Waals surface area contributed by atoms with Gasteiger partial charge in [0.15, 0.2) is 37.7 Å². The van der Waals surface area contributed by atoms with Crippen LogP contribution in [-0.4, -0.2) is 219 Å². The number of hydrogen-bond acceptors (Lipinski definition) is 28. The van der Waals surface area contributed by atoms with Gasteiger partial charge in [0.1, 0.15) is 85.5 Å². The summed E-state index contributed by atoms with van der Waals surface area (Å²) in [6.07, 6.45) is -17.3. The van der Waals surface area contributed by atoms with E-state index in [9.17, 15) is 33.1 Å². The minimum absolute atomic E-state index is 0.0420. The van der Waals surface area contributed by atoms with E-state index < -0.39 is 149 Å². The zero-order valence-corrected chi connectivity index (χ0v) is 48.5. The Morgan fingerprint density at radius 1 is 0.459 bits per heavy atom. The van der Waals surface area contributed by atoms with E-state index in [0.29, 0.717) is 6.61 Å². The van der Waals surface area contributed by atoms with Gasteiger partial charge in [-0.25, -0.2) is 12.6 Å². The third kappa shape index (κ3) is 20.4. The molecule has 0 aliphatic carbocycles. The van der Waals surface area contributed by atoms with E-state index in [4.69, 9.17) is 90.0 Å². The molecule has 0 aromatic heterocycles. The number of ether oxygens (including phenoxy) is 10. The summed E-state index contributed by atoms with van der Waals surface area (Å²) in [6, 6.07) is 37.9. The van der Waals surface area contributed by atoms with Gasteiger partial charge in [-0.05, 0) is 0 Å². The maximum Gasteiger partial charge on any atom is 0.400 e. The van der Waals surface area contributed by atoms with E-state index in [1.807, 2.05) is 121 Å². The fraction of sp³-hybridized carbons (Fsp3) is 0.538. The highest BCUT2D eigenvalue weighted by Crippen LogP contribution is 2.35. The number of hydrogen-bond donors (Lipinski definition) is 10. The molecule has 8 aliphatic rings. The standard InChI is InChI=1S/C13H16O6.C11H12O6S.C11H12O5S.C11H14O4.C6H12O6.Cl2OS/c14-9-10(15)12(16)18-8-6-17-13(19-11(8)9)7-4-2-1-3-5-7;12-18(13)15-7-9-10(17-18)6-14-11(16-9)8-4-2-1-3-5-8;12-17-14-7-9-10(16-17)6-13-11(15-9)8-4-2-1-3-5-8;12-6-10-9(13)7-14-11(15-10)8-4-2-1-3-5-8;7-1-2-3(8)4(9)5(10)6(11)12-2;1-4(2)3/h1-5,8-16H,6H2;1-5,9-11H,6-7H2;1-5,9-11H,6-7H2;1-5,9-13H,6-7H2;2-11H,1H2;/t8-,9?,10?,11-,12?,13?;9-,10?,11?;9-,10?,11?,17-;9-,10?,11+;2-,3-,4?,5?,6?;/m00000./s1. The first kappa shape index (κ1) is 69.2. The molecule has 4 aromatic rings. The van der Waals surface area contributed by atoms with Crippen LogP contribution in [0.15, 0.2) is 121 Å². The molecule has 10 N–H and O–H groups in total. The van der Waals surface area contributed by atoms with Crippen LogP contribution >= 0.6 is 21.4 Å². The molecule has 8 heterocycles. The maximum absolute atomic E-state index is 11.1. The van der Waals surface area contributed by atoms with Crippen molar-refractivity contribution in [2.45, 2.75) is 123 Å². The molecule has 8 fully saturated rings. The van der Waals surface area contributed by atoms with Crippen molar-refractivity contribution in [3.05, 3.63) is 144 Å². The van der Waals surface area contributed by atoms with Gasteiger partial charge in [-0.1, -0.05) is 121 Å². The van der Waals surface area contributed by atoms with E-state index in [0.717, 1.165) is 22.3 Å². The van der Waals surface area contributed by atoms with E-state index in [1.165, 1.54) is 0 Å². The molecule has 28 nitrogen and oxygen atoms in total. The molecule has 0 saturated carbocycles. The van der Waals surface area contributed by atoms with Crippen LogP contribution in [0.25, 0.3) is 0 Å². The van der Waals surface area contributed by atoms with Gasteiger partial charge in [-0.15, -0.1) is 0 Å². The summed E-state index contributed by atoms with van der Waals surface area (Å²) in [5, 5.41) is 92.0. The molecule has 4 aromatic carbocycles. The summed E-state index contributed by atoms with van der Waals surface area (Å²) in [5.74, 6) is 0. The van der Waals surface area contributed by atoms with Crippen molar-refractivity contribution in [1.82, 2.24) is 0 Å². The fourth-order valence-corrected chi connectivity index (χ4v) is 10.3. The third-order valence-corrected chi connectivity index (χ3v) is 14.9. The zero-order valence-electron chi connectivity index (χ0n) is 44.6. The van der Waals surface area contributed by atoms with Crippen molar-refractivity contribution in [1.29, 1.82) is 0 Å². The summed E-state index contributed by atoms with van der Waals surface area (Å²) in [7, 11) is 3.46. The van der Waals surface area contributed by atoms with Crippen LogP contribution in [0.2, 0.25) is 0 Å². The number of fused-ring (bicyclic) bond motifs is 3. The van der Waals surface area contributed by atoms with Gasteiger partial charge in [0, 0.05) is 43.6 Å². The largest absolute Gasteiger partial charge is 0.400 e. The van der Waals surface area contributed by atoms with Crippen molar-refractivity contribution in [2.75, 3.05) is 52.9 Å². The molecular formula is C52H66Cl2O28S3. The van der Waals surface area contributed by atoms with E-state index in [-0.39, 0.29) is 51.8 Å². The smallest absolute Gasteiger partial charge is 0.394 e. The van der Waals surface area contributed by atoms with Gasteiger partial charge < -0.3 is 98.4 Å². The van der Waals surface area contributed by atoms with Crippen LogP contribution in [0.1, 0.15) is 47.4 Å². The average molecular weight is 1310 g/mol. The Labute approximate surface area is 501 Å². The number of aliphatic hydroxyl groups excluding tert-OH is 10. The first-order chi connectivity index (χ1) is 40.7. The van der Waals surface area contributed by atoms with Crippen LogP contribution in [0.4, 0.5) is 0 Å². The second kappa shape index (κ2) is 34.1. The van der Waals surface area contributed by atoms with E-state index >= 15 is 0 Å². The van der Waals surface area contributed by atoms with Crippen LogP contribution in [0.3, 0.4) is 0 Å². The monoisotopic (exact) mass is 1300 g/mol. The topological polar surface area (TPSA) is 400 Å². The highest BCUT2D eigenvalue weighted by atomic mass is 36.0. The summed E-state index contributed by atoms with van der Waals surface area (Å²) >= 11 is -1.67. The van der Waals surface area contributed by atoms with Crippen molar-refractivity contribution in [2.24, 2.45) is 0 Å². The Kier molecular flexibility index (Phi) is 27.8. The first-order valence-electron chi connectivity index (χ1n) is 26.0. The molecule has 12 rings (SSSR count). The molecule has 0 spiro atoms. The Balaban J connectivity index is 0.000000151. The normalized spacial score (nSPS) is 37.3. The molecule has 85 heavy (non-hydrogen) atoms. The summed E-state index contributed by atoms with van der Waals surface area (Å²) < 4.78 is 116. The summed E-state index contributed by atoms with van der Waals surface area (Å²) in [6.45, 7) is 0.390. The molecule has 474 valence electrons. The Morgan fingerprint density at radius 2 is 0.871 bits per heavy atom. The summed E-state index contributed by atoms with van der Waals surface area (Å²) in [4.78, 5) is 0. The van der Waals surface area contributed by atoms with Gasteiger partial charge in [0.25, 0.3) is 0 Å². The number of rotatable bonds is 6. The second-order valence-corrected chi connectivity index (χ2v) is 23.7. The lowest BCUT2D eigenvalue weighted by Crippen LogP contribution is -2.61. The van der Waals surface area contributed by atoms with Crippen molar-refractivity contribution in [3.63, 3.8) is 0 Å². The molecule has 33 heteroatoms. The lowest BCUT2D eigenvalue weighted by molar-refractivity contribution is -0.354. The number of benzene rings is 4. The third-order valence-electron chi connectivity index (χ3n) is 13.2. The number of aliphatic hydroxyl groups is 10. The molecule has 8 saturated heterocycles. The predicted octanol–water partition coefficient (Wildman–Crippen LogP) is -0.330. The van der Waals surface area contributed by atoms with Crippen molar-refractivity contribution in [3.8, 4) is 0 Å².